The van der Waals surface area contributed by atoms with Crippen molar-refractivity contribution in [2.24, 2.45) is 0 Å². The van der Waals surface area contributed by atoms with Crippen molar-refractivity contribution >= 4 is 5.78 Å². The average Bonchev–Trinajstić information content (AvgIpc) is 2.72. The molecule has 30 heavy (non-hydrogen) atoms. The van der Waals surface area contributed by atoms with Crippen molar-refractivity contribution in [2.45, 2.75) is 58.0 Å². The van der Waals surface area contributed by atoms with Crippen LogP contribution in [0.15, 0.2) is 42.5 Å². The summed E-state index contributed by atoms with van der Waals surface area (Å²) < 4.78 is 17.8. The van der Waals surface area contributed by atoms with E-state index >= 15 is 0 Å². The summed E-state index contributed by atoms with van der Waals surface area (Å²) >= 11 is 0. The maximum Gasteiger partial charge on any atom is 0.164 e. The third kappa shape index (κ3) is 4.52. The number of Topliss-reactive ketones (excluding diaryl/α,β-unsaturated/α-hetero) is 1. The molecule has 0 saturated carbocycles. The lowest BCUT2D eigenvalue weighted by Crippen LogP contribution is -2.51. The predicted molar refractivity (Wildman–Crippen MR) is 116 cm³/mol. The zero-order valence-electron chi connectivity index (χ0n) is 18.3. The first-order valence-corrected chi connectivity index (χ1v) is 10.7. The van der Waals surface area contributed by atoms with Gasteiger partial charge >= 0.3 is 0 Å². The highest BCUT2D eigenvalue weighted by atomic mass is 16.5. The van der Waals surface area contributed by atoms with Gasteiger partial charge in [-0.15, -0.1) is 0 Å². The first-order valence-electron chi connectivity index (χ1n) is 10.7. The minimum absolute atomic E-state index is 0.0816. The Labute approximate surface area is 178 Å². The summed E-state index contributed by atoms with van der Waals surface area (Å²) in [5.41, 5.74) is 3.21. The van der Waals surface area contributed by atoms with Crippen molar-refractivity contribution in [3.05, 3.63) is 59.2 Å². The number of benzene rings is 2. The van der Waals surface area contributed by atoms with Crippen molar-refractivity contribution in [2.75, 3.05) is 20.2 Å². The third-order valence-corrected chi connectivity index (χ3v) is 5.78. The Balaban J connectivity index is 1.54. The molecule has 0 N–H and O–H groups in total. The fourth-order valence-electron chi connectivity index (χ4n) is 4.39. The zero-order chi connectivity index (χ0) is 21.3. The van der Waals surface area contributed by atoms with Crippen LogP contribution in [0.1, 0.15) is 49.9 Å². The maximum absolute atomic E-state index is 12.8. The summed E-state index contributed by atoms with van der Waals surface area (Å²) in [6.07, 6.45) is 1.05. The van der Waals surface area contributed by atoms with E-state index in [4.69, 9.17) is 14.2 Å². The molecule has 5 nitrogen and oxygen atoms in total. The summed E-state index contributed by atoms with van der Waals surface area (Å²) in [5, 5.41) is 0. The van der Waals surface area contributed by atoms with Crippen molar-refractivity contribution in [3.8, 4) is 11.5 Å². The number of rotatable bonds is 5. The van der Waals surface area contributed by atoms with Crippen molar-refractivity contribution in [3.63, 3.8) is 0 Å². The minimum Gasteiger partial charge on any atom is -0.493 e. The second-order valence-corrected chi connectivity index (χ2v) is 9.13. The maximum atomic E-state index is 12.8. The molecule has 160 valence electrons. The van der Waals surface area contributed by atoms with E-state index in [0.717, 1.165) is 24.3 Å². The Morgan fingerprint density at radius 2 is 1.87 bits per heavy atom. The number of carbonyl (C=O) groups is 1. The molecule has 2 aliphatic heterocycles. The second-order valence-electron chi connectivity index (χ2n) is 9.13. The van der Waals surface area contributed by atoms with Gasteiger partial charge in [-0.1, -0.05) is 30.3 Å². The number of piperidine rings is 1. The molecule has 2 aliphatic rings. The van der Waals surface area contributed by atoms with Crippen LogP contribution in [0.3, 0.4) is 0 Å². The molecule has 4 rings (SSSR count). The van der Waals surface area contributed by atoms with Gasteiger partial charge in [-0.2, -0.15) is 0 Å². The van der Waals surface area contributed by atoms with E-state index in [1.54, 1.807) is 7.11 Å². The number of ketones is 1. The molecular formula is C25H31NO4. The van der Waals surface area contributed by atoms with Crippen molar-refractivity contribution in [1.82, 2.24) is 4.90 Å². The summed E-state index contributed by atoms with van der Waals surface area (Å²) in [6.45, 7) is 8.06. The molecule has 0 amide bonds. The van der Waals surface area contributed by atoms with Crippen LogP contribution in [0.4, 0.5) is 0 Å². The van der Waals surface area contributed by atoms with Crippen LogP contribution in [0.25, 0.3) is 0 Å². The van der Waals surface area contributed by atoms with Crippen LogP contribution in [0.2, 0.25) is 0 Å². The van der Waals surface area contributed by atoms with E-state index in [2.05, 4.69) is 17.0 Å². The molecule has 1 fully saturated rings. The summed E-state index contributed by atoms with van der Waals surface area (Å²) in [6, 6.07) is 14.3. The highest BCUT2D eigenvalue weighted by Crippen LogP contribution is 2.42. The zero-order valence-corrected chi connectivity index (χ0v) is 18.3. The average molecular weight is 410 g/mol. The molecule has 0 bridgehead atoms. The van der Waals surface area contributed by atoms with Crippen molar-refractivity contribution in [1.29, 1.82) is 0 Å². The van der Waals surface area contributed by atoms with Crippen LogP contribution in [0, 0.1) is 0 Å². The van der Waals surface area contributed by atoms with Gasteiger partial charge in [0.05, 0.1) is 12.7 Å². The van der Waals surface area contributed by atoms with Gasteiger partial charge in [-0.05, 0) is 56.0 Å². The Morgan fingerprint density at radius 3 is 2.57 bits per heavy atom. The number of hydrogen-bond acceptors (Lipinski definition) is 5. The lowest BCUT2D eigenvalue weighted by atomic mass is 9.85. The quantitative estimate of drug-likeness (QED) is 0.736. The minimum atomic E-state index is -0.349. The molecule has 2 heterocycles. The van der Waals surface area contributed by atoms with Gasteiger partial charge in [-0.25, -0.2) is 0 Å². The van der Waals surface area contributed by atoms with Gasteiger partial charge in [0.1, 0.15) is 12.7 Å². The number of carbonyl (C=O) groups excluding carboxylic acids is 1. The molecule has 2 atom stereocenters. The molecule has 0 radical (unpaired) electrons. The van der Waals surface area contributed by atoms with E-state index in [-0.39, 0.29) is 23.5 Å². The third-order valence-electron chi connectivity index (χ3n) is 5.78. The van der Waals surface area contributed by atoms with Crippen LogP contribution in [-0.2, 0) is 22.6 Å². The molecule has 2 aromatic carbocycles. The smallest absolute Gasteiger partial charge is 0.164 e. The number of nitrogens with zero attached hydrogens (tertiary/aromatic N) is 1. The van der Waals surface area contributed by atoms with Gasteiger partial charge in [0.15, 0.2) is 17.3 Å². The highest BCUT2D eigenvalue weighted by molar-refractivity contribution is 5.85. The lowest BCUT2D eigenvalue weighted by molar-refractivity contribution is -0.151. The SMILES string of the molecule is COc1cc2c(cc1OCc1ccccc1)CCN1CC(OC(C)(C)C)C(=O)CC21. The molecule has 0 aromatic heterocycles. The topological polar surface area (TPSA) is 48.0 Å². The normalized spacial score (nSPS) is 21.7. The second kappa shape index (κ2) is 8.40. The van der Waals surface area contributed by atoms with Crippen LogP contribution in [0.5, 0.6) is 11.5 Å². The highest BCUT2D eigenvalue weighted by Gasteiger charge is 2.40. The molecular weight excluding hydrogens is 378 g/mol. The molecule has 2 unspecified atom stereocenters. The Hall–Kier alpha value is -2.37. The number of hydrogen-bond donors (Lipinski definition) is 0. The largest absolute Gasteiger partial charge is 0.493 e. The lowest BCUT2D eigenvalue weighted by Gasteiger charge is -2.44. The Kier molecular flexibility index (Phi) is 5.85. The number of fused-ring (bicyclic) bond motifs is 3. The molecule has 1 saturated heterocycles. The van der Waals surface area contributed by atoms with Crippen molar-refractivity contribution < 1.29 is 19.0 Å². The predicted octanol–water partition coefficient (Wildman–Crippen LogP) is 4.33. The number of ether oxygens (including phenoxy) is 3. The Morgan fingerprint density at radius 1 is 1.10 bits per heavy atom. The summed E-state index contributed by atoms with van der Waals surface area (Å²) in [5.74, 6) is 1.65. The first-order chi connectivity index (χ1) is 14.3. The monoisotopic (exact) mass is 409 g/mol. The van der Waals surface area contributed by atoms with Gasteiger partial charge in [0.25, 0.3) is 0 Å². The van der Waals surface area contributed by atoms with E-state index in [1.807, 2.05) is 51.1 Å². The fraction of sp³-hybridized carbons (Fsp3) is 0.480. The van der Waals surface area contributed by atoms with E-state index < -0.39 is 0 Å². The standard InChI is InChI=1S/C25H31NO4/c1-25(2,3)30-24-15-26-11-10-18-12-23(29-16-17-8-6-5-7-9-17)22(28-4)13-19(18)20(26)14-21(24)27/h5-9,12-13,20,24H,10-11,14-16H2,1-4H3. The number of methoxy groups -OCH3 is 1. The molecule has 5 heteroatoms. The summed E-state index contributed by atoms with van der Waals surface area (Å²) in [4.78, 5) is 15.2. The van der Waals surface area contributed by atoms with Gasteiger partial charge in [0.2, 0.25) is 0 Å². The van der Waals surface area contributed by atoms with Gasteiger partial charge in [0, 0.05) is 25.6 Å². The van der Waals surface area contributed by atoms with Gasteiger partial charge in [-0.3, -0.25) is 9.69 Å². The molecule has 0 spiro atoms. The van der Waals surface area contributed by atoms with Crippen LogP contribution < -0.4 is 9.47 Å². The van der Waals surface area contributed by atoms with Crippen LogP contribution in [-0.4, -0.2) is 42.6 Å². The molecule has 2 aromatic rings. The van der Waals surface area contributed by atoms with Gasteiger partial charge < -0.3 is 14.2 Å². The summed E-state index contributed by atoms with van der Waals surface area (Å²) in [7, 11) is 1.66. The van der Waals surface area contributed by atoms with E-state index in [9.17, 15) is 4.79 Å². The van der Waals surface area contributed by atoms with Crippen LogP contribution >= 0.6 is 0 Å². The fourth-order valence-corrected chi connectivity index (χ4v) is 4.39. The first kappa shape index (κ1) is 20.9. The van der Waals surface area contributed by atoms with E-state index in [0.29, 0.717) is 25.3 Å². The molecule has 0 aliphatic carbocycles. The Bertz CT molecular complexity index is 903. The van der Waals surface area contributed by atoms with E-state index in [1.165, 1.54) is 11.1 Å².